The summed E-state index contributed by atoms with van der Waals surface area (Å²) < 4.78 is 0. The molecule has 0 radical (unpaired) electrons. The number of nitrogens with zero attached hydrogens (tertiary/aromatic N) is 1. The molecular formula is C14H22N2O2. The number of anilines is 2. The summed E-state index contributed by atoms with van der Waals surface area (Å²) in [6, 6.07) is 6.35. The van der Waals surface area contributed by atoms with Crippen molar-refractivity contribution in [3.8, 4) is 0 Å². The van der Waals surface area contributed by atoms with Gasteiger partial charge in [-0.15, -0.1) is 0 Å². The quantitative estimate of drug-likeness (QED) is 0.738. The van der Waals surface area contributed by atoms with Crippen molar-refractivity contribution in [2.24, 2.45) is 0 Å². The number of rotatable bonds is 5. The van der Waals surface area contributed by atoms with Crippen LogP contribution < -0.4 is 10.2 Å². The molecule has 4 nitrogen and oxygen atoms in total. The minimum Gasteiger partial charge on any atom is -0.394 e. The molecule has 100 valence electrons. The average Bonchev–Trinajstić information content (AvgIpc) is 2.90. The van der Waals surface area contributed by atoms with Gasteiger partial charge < -0.3 is 20.4 Å². The highest BCUT2D eigenvalue weighted by atomic mass is 16.3. The maximum Gasteiger partial charge on any atom is 0.0942 e. The Bertz CT molecular complexity index is 389. The highest BCUT2D eigenvalue weighted by Crippen LogP contribution is 2.25. The summed E-state index contributed by atoms with van der Waals surface area (Å²) in [5, 5.41) is 21.2. The van der Waals surface area contributed by atoms with Gasteiger partial charge in [0, 0.05) is 31.0 Å². The summed E-state index contributed by atoms with van der Waals surface area (Å²) in [6.07, 6.45) is 1.85. The van der Waals surface area contributed by atoms with Crippen molar-refractivity contribution in [2.75, 3.05) is 36.5 Å². The van der Waals surface area contributed by atoms with Gasteiger partial charge in [-0.3, -0.25) is 0 Å². The van der Waals surface area contributed by atoms with Crippen molar-refractivity contribution < 1.29 is 10.2 Å². The number of aliphatic hydroxyl groups excluding tert-OH is 2. The Balaban J connectivity index is 2.00. The summed E-state index contributed by atoms with van der Waals surface area (Å²) in [6.45, 7) is 4.52. The molecule has 1 heterocycles. The summed E-state index contributed by atoms with van der Waals surface area (Å²) in [5.41, 5.74) is 3.47. The summed E-state index contributed by atoms with van der Waals surface area (Å²) >= 11 is 0. The first-order chi connectivity index (χ1) is 8.70. The molecule has 1 unspecified atom stereocenters. The molecule has 0 spiro atoms. The van der Waals surface area contributed by atoms with Crippen molar-refractivity contribution in [2.45, 2.75) is 25.9 Å². The number of hydrogen-bond donors (Lipinski definition) is 3. The van der Waals surface area contributed by atoms with E-state index >= 15 is 0 Å². The van der Waals surface area contributed by atoms with Gasteiger partial charge in [-0.05, 0) is 43.5 Å². The van der Waals surface area contributed by atoms with Gasteiger partial charge in [-0.1, -0.05) is 0 Å². The molecule has 1 aromatic carbocycles. The highest BCUT2D eigenvalue weighted by molar-refractivity contribution is 5.60. The second-order valence-electron chi connectivity index (χ2n) is 4.91. The lowest BCUT2D eigenvalue weighted by atomic mass is 10.1. The van der Waals surface area contributed by atoms with Crippen LogP contribution in [-0.4, -0.2) is 42.6 Å². The van der Waals surface area contributed by atoms with Gasteiger partial charge in [0.05, 0.1) is 12.7 Å². The first-order valence-electron chi connectivity index (χ1n) is 6.59. The van der Waals surface area contributed by atoms with E-state index in [9.17, 15) is 5.11 Å². The van der Waals surface area contributed by atoms with E-state index in [4.69, 9.17) is 5.11 Å². The number of nitrogens with one attached hydrogen (secondary N) is 1. The van der Waals surface area contributed by atoms with E-state index in [0.29, 0.717) is 6.54 Å². The van der Waals surface area contributed by atoms with Crippen molar-refractivity contribution >= 4 is 11.4 Å². The van der Waals surface area contributed by atoms with Gasteiger partial charge in [0.15, 0.2) is 0 Å². The van der Waals surface area contributed by atoms with Crippen molar-refractivity contribution in [1.29, 1.82) is 0 Å². The van der Waals surface area contributed by atoms with Crippen LogP contribution in [0.4, 0.5) is 11.4 Å². The molecule has 3 N–H and O–H groups in total. The number of aryl methyl sites for hydroxylation is 1. The van der Waals surface area contributed by atoms with Crippen molar-refractivity contribution in [3.63, 3.8) is 0 Å². The molecule has 0 amide bonds. The van der Waals surface area contributed by atoms with Crippen LogP contribution in [0, 0.1) is 6.92 Å². The normalized spacial score (nSPS) is 16.9. The smallest absolute Gasteiger partial charge is 0.0942 e. The third-order valence-corrected chi connectivity index (χ3v) is 3.42. The lowest BCUT2D eigenvalue weighted by Gasteiger charge is -2.20. The van der Waals surface area contributed by atoms with Gasteiger partial charge in [-0.2, -0.15) is 0 Å². The average molecular weight is 250 g/mol. The van der Waals surface area contributed by atoms with Gasteiger partial charge >= 0.3 is 0 Å². The minimum atomic E-state index is -0.706. The Morgan fingerprint density at radius 2 is 2.06 bits per heavy atom. The molecule has 18 heavy (non-hydrogen) atoms. The molecule has 1 aliphatic heterocycles. The van der Waals surface area contributed by atoms with Crippen LogP contribution in [0.2, 0.25) is 0 Å². The van der Waals surface area contributed by atoms with E-state index in [1.165, 1.54) is 24.1 Å². The fourth-order valence-corrected chi connectivity index (χ4v) is 2.31. The van der Waals surface area contributed by atoms with E-state index in [2.05, 4.69) is 29.3 Å². The van der Waals surface area contributed by atoms with E-state index in [1.807, 2.05) is 6.07 Å². The molecule has 1 fully saturated rings. The Labute approximate surface area is 108 Å². The zero-order valence-electron chi connectivity index (χ0n) is 10.9. The molecule has 1 saturated heterocycles. The molecule has 0 saturated carbocycles. The first-order valence-corrected chi connectivity index (χ1v) is 6.59. The molecule has 0 bridgehead atoms. The van der Waals surface area contributed by atoms with Crippen LogP contribution in [0.25, 0.3) is 0 Å². The van der Waals surface area contributed by atoms with E-state index in [1.54, 1.807) is 0 Å². The maximum absolute atomic E-state index is 9.32. The standard InChI is InChI=1S/C14H22N2O2/c1-11-8-12(16-6-2-3-7-16)4-5-14(11)15-9-13(18)10-17/h4-5,8,13,15,17-18H,2-3,6-7,9-10H2,1H3. The third kappa shape index (κ3) is 3.15. The topological polar surface area (TPSA) is 55.7 Å². The van der Waals surface area contributed by atoms with Crippen LogP contribution >= 0.6 is 0 Å². The summed E-state index contributed by atoms with van der Waals surface area (Å²) in [7, 11) is 0. The van der Waals surface area contributed by atoms with Crippen LogP contribution in [0.1, 0.15) is 18.4 Å². The Morgan fingerprint density at radius 3 is 2.67 bits per heavy atom. The zero-order valence-corrected chi connectivity index (χ0v) is 10.9. The molecule has 1 atom stereocenters. The second kappa shape index (κ2) is 6.07. The molecule has 1 aliphatic rings. The van der Waals surface area contributed by atoms with E-state index in [-0.39, 0.29) is 6.61 Å². The van der Waals surface area contributed by atoms with Crippen LogP contribution in [0.5, 0.6) is 0 Å². The minimum absolute atomic E-state index is 0.210. The Morgan fingerprint density at radius 1 is 1.33 bits per heavy atom. The lowest BCUT2D eigenvalue weighted by molar-refractivity contribution is 0.105. The number of benzene rings is 1. The van der Waals surface area contributed by atoms with Crippen molar-refractivity contribution in [3.05, 3.63) is 23.8 Å². The molecule has 1 aromatic rings. The van der Waals surface area contributed by atoms with Crippen molar-refractivity contribution in [1.82, 2.24) is 0 Å². The number of aliphatic hydroxyl groups is 2. The first kappa shape index (κ1) is 13.2. The fourth-order valence-electron chi connectivity index (χ4n) is 2.31. The third-order valence-electron chi connectivity index (χ3n) is 3.42. The Kier molecular flexibility index (Phi) is 4.44. The Hall–Kier alpha value is -1.26. The number of hydrogen-bond acceptors (Lipinski definition) is 4. The van der Waals surface area contributed by atoms with Gasteiger partial charge in [-0.25, -0.2) is 0 Å². The SMILES string of the molecule is Cc1cc(N2CCCC2)ccc1NCC(O)CO. The molecular weight excluding hydrogens is 228 g/mol. The van der Waals surface area contributed by atoms with Gasteiger partial charge in [0.2, 0.25) is 0 Å². The largest absolute Gasteiger partial charge is 0.394 e. The predicted octanol–water partition coefficient (Wildman–Crippen LogP) is 1.36. The second-order valence-corrected chi connectivity index (χ2v) is 4.91. The predicted molar refractivity (Wildman–Crippen MR) is 74.2 cm³/mol. The van der Waals surface area contributed by atoms with E-state index < -0.39 is 6.10 Å². The van der Waals surface area contributed by atoms with Crippen LogP contribution in [-0.2, 0) is 0 Å². The molecule has 0 aromatic heterocycles. The van der Waals surface area contributed by atoms with Crippen LogP contribution in [0.3, 0.4) is 0 Å². The summed E-state index contributed by atoms with van der Waals surface area (Å²) in [5.74, 6) is 0. The molecule has 2 rings (SSSR count). The van der Waals surface area contributed by atoms with Gasteiger partial charge in [0.25, 0.3) is 0 Å². The zero-order chi connectivity index (χ0) is 13.0. The fraction of sp³-hybridized carbons (Fsp3) is 0.571. The summed E-state index contributed by atoms with van der Waals surface area (Å²) in [4.78, 5) is 2.40. The highest BCUT2D eigenvalue weighted by Gasteiger charge is 2.13. The van der Waals surface area contributed by atoms with Crippen LogP contribution in [0.15, 0.2) is 18.2 Å². The molecule has 0 aliphatic carbocycles. The maximum atomic E-state index is 9.32. The molecule has 4 heteroatoms. The lowest BCUT2D eigenvalue weighted by Crippen LogP contribution is -2.23. The van der Waals surface area contributed by atoms with Gasteiger partial charge in [0.1, 0.15) is 0 Å². The van der Waals surface area contributed by atoms with E-state index in [0.717, 1.165) is 18.8 Å². The monoisotopic (exact) mass is 250 g/mol.